The van der Waals surface area contributed by atoms with Crippen molar-refractivity contribution in [3.05, 3.63) is 135 Å². The molecule has 0 atom stereocenters. The number of benzene rings is 4. The minimum atomic E-state index is -0.891. The summed E-state index contributed by atoms with van der Waals surface area (Å²) < 4.78 is 3.03. The highest BCUT2D eigenvalue weighted by molar-refractivity contribution is 9.10. The summed E-state index contributed by atoms with van der Waals surface area (Å²) in [4.78, 5) is 39.3. The maximum atomic E-state index is 13.2. The normalized spacial score (nSPS) is 10.9. The molecular weight excluding hydrogens is 636 g/mol. The van der Waals surface area contributed by atoms with Gasteiger partial charge in [0.15, 0.2) is 0 Å². The molecule has 0 bridgehead atoms. The smallest absolute Gasteiger partial charge is 0.328 e. The quantitative estimate of drug-likeness (QED) is 0.176. The Morgan fingerprint density at radius 3 is 1.93 bits per heavy atom. The second-order valence-electron chi connectivity index (χ2n) is 9.05. The maximum absolute atomic E-state index is 13.2. The van der Waals surface area contributed by atoms with Crippen molar-refractivity contribution in [2.45, 2.75) is 5.92 Å². The summed E-state index contributed by atoms with van der Waals surface area (Å²) in [7, 11) is 0. The third-order valence-corrected chi connectivity index (χ3v) is 7.41. The van der Waals surface area contributed by atoms with E-state index in [9.17, 15) is 14.4 Å². The summed E-state index contributed by atoms with van der Waals surface area (Å²) in [5, 5.41) is 6.31. The van der Waals surface area contributed by atoms with Crippen LogP contribution in [0, 0.1) is 0 Å². The molecule has 0 saturated heterocycles. The summed E-state index contributed by atoms with van der Waals surface area (Å²) in [5.41, 5.74) is 5.97. The SMILES string of the molecule is O=C(NCC(c1ccccc1)c1ccccc1)C(=O)Nn1c(C(=O)Nc2ccc(Br)cc2)cc2cc(Br)ccc21. The van der Waals surface area contributed by atoms with Crippen LogP contribution in [0.15, 0.2) is 118 Å². The van der Waals surface area contributed by atoms with Gasteiger partial charge in [-0.25, -0.2) is 4.68 Å². The molecular formula is C31H24Br2N4O3. The Labute approximate surface area is 247 Å². The summed E-state index contributed by atoms with van der Waals surface area (Å²) in [5.74, 6) is -2.28. The Balaban J connectivity index is 1.36. The molecule has 1 aromatic heterocycles. The van der Waals surface area contributed by atoms with E-state index < -0.39 is 17.7 Å². The highest BCUT2D eigenvalue weighted by Crippen LogP contribution is 2.25. The van der Waals surface area contributed by atoms with E-state index in [1.165, 1.54) is 4.68 Å². The molecule has 40 heavy (non-hydrogen) atoms. The van der Waals surface area contributed by atoms with Crippen molar-refractivity contribution in [2.24, 2.45) is 0 Å². The van der Waals surface area contributed by atoms with E-state index in [0.29, 0.717) is 16.6 Å². The van der Waals surface area contributed by atoms with Crippen molar-refractivity contribution in [2.75, 3.05) is 17.3 Å². The molecule has 0 aliphatic carbocycles. The first-order chi connectivity index (χ1) is 19.4. The lowest BCUT2D eigenvalue weighted by atomic mass is 9.91. The Bertz CT molecular complexity index is 1630. The van der Waals surface area contributed by atoms with E-state index in [1.807, 2.05) is 78.9 Å². The molecule has 4 aromatic carbocycles. The van der Waals surface area contributed by atoms with Crippen LogP contribution in [-0.2, 0) is 9.59 Å². The lowest BCUT2D eigenvalue weighted by Crippen LogP contribution is -2.41. The van der Waals surface area contributed by atoms with Gasteiger partial charge in [0.2, 0.25) is 0 Å². The van der Waals surface area contributed by atoms with Crippen molar-refractivity contribution < 1.29 is 14.4 Å². The molecule has 0 aliphatic heterocycles. The van der Waals surface area contributed by atoms with Gasteiger partial charge in [-0.15, -0.1) is 0 Å². The fraction of sp³-hybridized carbons (Fsp3) is 0.0645. The average molecular weight is 660 g/mol. The minimum Gasteiger partial charge on any atom is -0.347 e. The number of hydrogen-bond donors (Lipinski definition) is 3. The van der Waals surface area contributed by atoms with Gasteiger partial charge in [-0.3, -0.25) is 19.8 Å². The van der Waals surface area contributed by atoms with E-state index in [2.05, 4.69) is 47.9 Å². The third-order valence-electron chi connectivity index (χ3n) is 6.39. The molecule has 0 saturated carbocycles. The van der Waals surface area contributed by atoms with Crippen molar-refractivity contribution in [3.8, 4) is 0 Å². The highest BCUT2D eigenvalue weighted by Gasteiger charge is 2.22. The van der Waals surface area contributed by atoms with Crippen LogP contribution in [0.5, 0.6) is 0 Å². The number of carbonyl (C=O) groups excluding carboxylic acids is 3. The topological polar surface area (TPSA) is 92.2 Å². The molecule has 0 unspecified atom stereocenters. The summed E-state index contributed by atoms with van der Waals surface area (Å²) in [6.45, 7) is 0.219. The molecule has 0 aliphatic rings. The second kappa shape index (κ2) is 12.3. The molecule has 1 heterocycles. The third kappa shape index (κ3) is 6.32. The van der Waals surface area contributed by atoms with Gasteiger partial charge in [-0.1, -0.05) is 92.5 Å². The van der Waals surface area contributed by atoms with Gasteiger partial charge in [-0.05, 0) is 59.7 Å². The van der Waals surface area contributed by atoms with Crippen LogP contribution < -0.4 is 16.1 Å². The number of anilines is 1. The van der Waals surface area contributed by atoms with Gasteiger partial charge in [0.25, 0.3) is 5.91 Å². The van der Waals surface area contributed by atoms with Crippen LogP contribution in [0.25, 0.3) is 10.9 Å². The van der Waals surface area contributed by atoms with Gasteiger partial charge in [0.1, 0.15) is 5.69 Å². The van der Waals surface area contributed by atoms with E-state index in [-0.39, 0.29) is 18.2 Å². The Hall–Kier alpha value is -4.21. The summed E-state index contributed by atoms with van der Waals surface area (Å²) in [6, 6.07) is 33.8. The molecule has 0 spiro atoms. The number of rotatable bonds is 7. The van der Waals surface area contributed by atoms with Crippen LogP contribution in [0.4, 0.5) is 5.69 Å². The van der Waals surface area contributed by atoms with Crippen LogP contribution in [0.1, 0.15) is 27.5 Å². The van der Waals surface area contributed by atoms with Crippen molar-refractivity contribution in [1.82, 2.24) is 9.99 Å². The molecule has 0 fully saturated rings. The Morgan fingerprint density at radius 1 is 0.700 bits per heavy atom. The second-order valence-corrected chi connectivity index (χ2v) is 10.9. The molecule has 3 N–H and O–H groups in total. The zero-order valence-corrected chi connectivity index (χ0v) is 24.3. The zero-order chi connectivity index (χ0) is 28.1. The molecule has 200 valence electrons. The number of aromatic nitrogens is 1. The molecule has 0 radical (unpaired) electrons. The predicted molar refractivity (Wildman–Crippen MR) is 164 cm³/mol. The number of halogens is 2. The highest BCUT2D eigenvalue weighted by atomic mass is 79.9. The van der Waals surface area contributed by atoms with Crippen LogP contribution in [0.3, 0.4) is 0 Å². The first-order valence-electron chi connectivity index (χ1n) is 12.5. The number of nitrogens with zero attached hydrogens (tertiary/aromatic N) is 1. The van der Waals surface area contributed by atoms with Crippen LogP contribution >= 0.6 is 31.9 Å². The van der Waals surface area contributed by atoms with E-state index in [0.717, 1.165) is 20.1 Å². The molecule has 7 nitrogen and oxygen atoms in total. The lowest BCUT2D eigenvalue weighted by Gasteiger charge is -2.19. The molecule has 5 rings (SSSR count). The van der Waals surface area contributed by atoms with Gasteiger partial charge >= 0.3 is 11.8 Å². The Morgan fingerprint density at radius 2 is 1.30 bits per heavy atom. The van der Waals surface area contributed by atoms with Gasteiger partial charge in [0.05, 0.1) is 5.52 Å². The fourth-order valence-electron chi connectivity index (χ4n) is 4.43. The number of nitrogens with one attached hydrogen (secondary N) is 3. The number of hydrogen-bond acceptors (Lipinski definition) is 3. The monoisotopic (exact) mass is 658 g/mol. The largest absolute Gasteiger partial charge is 0.347 e. The molecule has 9 heteroatoms. The summed E-state index contributed by atoms with van der Waals surface area (Å²) >= 11 is 6.82. The van der Waals surface area contributed by atoms with E-state index in [4.69, 9.17) is 0 Å². The average Bonchev–Trinajstić information content (AvgIpc) is 3.32. The van der Waals surface area contributed by atoms with Crippen LogP contribution in [-0.4, -0.2) is 28.9 Å². The zero-order valence-electron chi connectivity index (χ0n) is 21.1. The standard InChI is InChI=1S/C31H24Br2N4O3/c32-23-11-14-25(15-12-23)35-29(38)28-18-22-17-24(33)13-16-27(22)37(28)36-31(40)30(39)34-19-26(20-7-3-1-4-8-20)21-9-5-2-6-10-21/h1-18,26H,19H2,(H,34,39)(H,35,38)(H,36,40). The van der Waals surface area contributed by atoms with E-state index >= 15 is 0 Å². The van der Waals surface area contributed by atoms with Crippen molar-refractivity contribution in [3.63, 3.8) is 0 Å². The number of fused-ring (bicyclic) bond motifs is 1. The minimum absolute atomic E-state index is 0.142. The number of amides is 3. The first-order valence-corrected chi connectivity index (χ1v) is 14.0. The van der Waals surface area contributed by atoms with Crippen molar-refractivity contribution in [1.29, 1.82) is 0 Å². The summed E-state index contributed by atoms with van der Waals surface area (Å²) in [6.07, 6.45) is 0. The number of carbonyl (C=O) groups is 3. The first kappa shape index (κ1) is 27.4. The fourth-order valence-corrected chi connectivity index (χ4v) is 5.07. The van der Waals surface area contributed by atoms with Gasteiger partial charge in [0, 0.05) is 32.5 Å². The predicted octanol–water partition coefficient (Wildman–Crippen LogP) is 6.44. The van der Waals surface area contributed by atoms with Crippen molar-refractivity contribution >= 4 is 66.2 Å². The van der Waals surface area contributed by atoms with Gasteiger partial charge < -0.3 is 10.6 Å². The van der Waals surface area contributed by atoms with Crippen LogP contribution in [0.2, 0.25) is 0 Å². The molecule has 5 aromatic rings. The maximum Gasteiger partial charge on any atom is 0.328 e. The Kier molecular flexibility index (Phi) is 8.42. The lowest BCUT2D eigenvalue weighted by molar-refractivity contribution is -0.136. The van der Waals surface area contributed by atoms with Gasteiger partial charge in [-0.2, -0.15) is 0 Å². The van der Waals surface area contributed by atoms with E-state index in [1.54, 1.807) is 30.3 Å². The molecule has 3 amide bonds.